The first-order valence-corrected chi connectivity index (χ1v) is 5.64. The first kappa shape index (κ1) is 14.8. The van der Waals surface area contributed by atoms with Crippen LogP contribution in [0.1, 0.15) is 11.1 Å². The number of nitrogens with zero attached hydrogens (tertiary/aromatic N) is 1. The maximum Gasteiger partial charge on any atom is 0.417 e. The van der Waals surface area contributed by atoms with E-state index in [-0.39, 0.29) is 11.4 Å². The van der Waals surface area contributed by atoms with E-state index in [1.165, 1.54) is 12.1 Å². The maximum atomic E-state index is 13.4. The van der Waals surface area contributed by atoms with Crippen LogP contribution in [0.2, 0.25) is 0 Å². The minimum atomic E-state index is -4.72. The second-order valence-corrected chi connectivity index (χ2v) is 4.12. The second kappa shape index (κ2) is 5.40. The van der Waals surface area contributed by atoms with Crippen molar-refractivity contribution in [2.75, 3.05) is 5.32 Å². The lowest BCUT2D eigenvalue weighted by atomic mass is 10.1. The number of rotatable bonds is 2. The zero-order chi connectivity index (χ0) is 15.6. The van der Waals surface area contributed by atoms with Crippen molar-refractivity contribution < 1.29 is 22.0 Å². The van der Waals surface area contributed by atoms with Crippen LogP contribution in [0, 0.1) is 23.0 Å². The van der Waals surface area contributed by atoms with Crippen LogP contribution in [-0.4, -0.2) is 0 Å². The molecule has 21 heavy (non-hydrogen) atoms. The second-order valence-electron chi connectivity index (χ2n) is 4.12. The third-order valence-electron chi connectivity index (χ3n) is 2.65. The van der Waals surface area contributed by atoms with Gasteiger partial charge in [-0.25, -0.2) is 8.78 Å². The molecule has 0 aliphatic heterocycles. The lowest BCUT2D eigenvalue weighted by Gasteiger charge is -2.12. The lowest BCUT2D eigenvalue weighted by Crippen LogP contribution is -2.08. The molecule has 108 valence electrons. The fourth-order valence-electron chi connectivity index (χ4n) is 1.70. The molecule has 0 amide bonds. The Morgan fingerprint density at radius 2 is 1.71 bits per heavy atom. The Morgan fingerprint density at radius 3 is 2.33 bits per heavy atom. The van der Waals surface area contributed by atoms with Gasteiger partial charge in [0.15, 0.2) is 0 Å². The van der Waals surface area contributed by atoms with Gasteiger partial charge in [0.25, 0.3) is 0 Å². The van der Waals surface area contributed by atoms with Crippen LogP contribution in [0.3, 0.4) is 0 Å². The molecule has 0 unspecified atom stereocenters. The first-order chi connectivity index (χ1) is 9.81. The van der Waals surface area contributed by atoms with Crippen molar-refractivity contribution in [3.8, 4) is 6.07 Å². The molecule has 0 aromatic heterocycles. The summed E-state index contributed by atoms with van der Waals surface area (Å²) in [5.41, 5.74) is -2.10. The predicted molar refractivity (Wildman–Crippen MR) is 65.8 cm³/mol. The van der Waals surface area contributed by atoms with E-state index in [0.29, 0.717) is 6.07 Å². The molecule has 0 atom stereocenters. The van der Waals surface area contributed by atoms with Gasteiger partial charge >= 0.3 is 6.18 Å². The third kappa shape index (κ3) is 3.28. The average molecular weight is 298 g/mol. The van der Waals surface area contributed by atoms with E-state index in [4.69, 9.17) is 5.26 Å². The molecule has 0 spiro atoms. The van der Waals surface area contributed by atoms with Gasteiger partial charge in [0, 0.05) is 11.8 Å². The van der Waals surface area contributed by atoms with Crippen LogP contribution in [0.4, 0.5) is 33.3 Å². The van der Waals surface area contributed by atoms with Crippen LogP contribution in [0.5, 0.6) is 0 Å². The van der Waals surface area contributed by atoms with Crippen molar-refractivity contribution in [2.45, 2.75) is 6.18 Å². The predicted octanol–water partition coefficient (Wildman–Crippen LogP) is 4.60. The van der Waals surface area contributed by atoms with Crippen molar-refractivity contribution in [1.29, 1.82) is 5.26 Å². The summed E-state index contributed by atoms with van der Waals surface area (Å²) in [4.78, 5) is 0. The highest BCUT2D eigenvalue weighted by molar-refractivity contribution is 5.63. The maximum absolute atomic E-state index is 13.4. The van der Waals surface area contributed by atoms with Crippen LogP contribution >= 0.6 is 0 Å². The largest absolute Gasteiger partial charge is 0.417 e. The fraction of sp³-hybridized carbons (Fsp3) is 0.0714. The topological polar surface area (TPSA) is 35.8 Å². The van der Waals surface area contributed by atoms with Gasteiger partial charge < -0.3 is 5.32 Å². The zero-order valence-electron chi connectivity index (χ0n) is 10.3. The molecule has 2 nitrogen and oxygen atoms in total. The number of anilines is 2. The molecule has 0 radical (unpaired) electrons. The molecule has 7 heteroatoms. The number of hydrogen-bond donors (Lipinski definition) is 1. The van der Waals surface area contributed by atoms with E-state index in [2.05, 4.69) is 5.32 Å². The van der Waals surface area contributed by atoms with Gasteiger partial charge in [0.1, 0.15) is 11.6 Å². The quantitative estimate of drug-likeness (QED) is 0.822. The molecule has 2 aromatic rings. The van der Waals surface area contributed by atoms with E-state index in [9.17, 15) is 22.0 Å². The molecule has 2 rings (SSSR count). The molecule has 0 fully saturated rings. The standard InChI is InChI=1S/C14H7F5N2/c15-9-2-4-12(16)13(5-9)21-10-3-1-8(7-20)11(6-10)14(17,18)19/h1-6,21H. The Bertz CT molecular complexity index is 716. The summed E-state index contributed by atoms with van der Waals surface area (Å²) in [6.07, 6.45) is -4.72. The first-order valence-electron chi connectivity index (χ1n) is 5.64. The number of nitrogens with one attached hydrogen (secondary N) is 1. The molecular formula is C14H7F5N2. The van der Waals surface area contributed by atoms with Gasteiger partial charge in [0.2, 0.25) is 0 Å². The molecular weight excluding hydrogens is 291 g/mol. The minimum Gasteiger partial charge on any atom is -0.353 e. The van der Waals surface area contributed by atoms with Gasteiger partial charge in [-0.05, 0) is 30.3 Å². The Hall–Kier alpha value is -2.62. The van der Waals surface area contributed by atoms with Gasteiger partial charge in [0.05, 0.1) is 22.9 Å². The highest BCUT2D eigenvalue weighted by Gasteiger charge is 2.33. The smallest absolute Gasteiger partial charge is 0.353 e. The lowest BCUT2D eigenvalue weighted by molar-refractivity contribution is -0.137. The average Bonchev–Trinajstić information content (AvgIpc) is 2.42. The zero-order valence-corrected chi connectivity index (χ0v) is 10.3. The molecule has 2 aromatic carbocycles. The number of alkyl halides is 3. The number of hydrogen-bond acceptors (Lipinski definition) is 2. The summed E-state index contributed by atoms with van der Waals surface area (Å²) in [7, 11) is 0. The van der Waals surface area contributed by atoms with Gasteiger partial charge in [-0.1, -0.05) is 0 Å². The Balaban J connectivity index is 2.42. The summed E-state index contributed by atoms with van der Waals surface area (Å²) in [5, 5.41) is 11.0. The van der Waals surface area contributed by atoms with Crippen molar-refractivity contribution in [1.82, 2.24) is 0 Å². The number of nitriles is 1. The fourth-order valence-corrected chi connectivity index (χ4v) is 1.70. The summed E-state index contributed by atoms with van der Waals surface area (Å²) >= 11 is 0. The Kier molecular flexibility index (Phi) is 3.80. The molecule has 0 heterocycles. The molecule has 0 bridgehead atoms. The molecule has 0 saturated heterocycles. The van der Waals surface area contributed by atoms with Crippen molar-refractivity contribution >= 4 is 11.4 Å². The molecule has 1 N–H and O–H groups in total. The Morgan fingerprint density at radius 1 is 1.00 bits per heavy atom. The highest BCUT2D eigenvalue weighted by Crippen LogP contribution is 2.34. The van der Waals surface area contributed by atoms with E-state index in [1.54, 1.807) is 0 Å². The minimum absolute atomic E-state index is 0.106. The third-order valence-corrected chi connectivity index (χ3v) is 2.65. The van der Waals surface area contributed by atoms with E-state index in [1.807, 2.05) is 0 Å². The van der Waals surface area contributed by atoms with Gasteiger partial charge in [-0.3, -0.25) is 0 Å². The monoisotopic (exact) mass is 298 g/mol. The SMILES string of the molecule is N#Cc1ccc(Nc2cc(F)ccc2F)cc1C(F)(F)F. The molecule has 0 aliphatic carbocycles. The van der Waals surface area contributed by atoms with Crippen molar-refractivity contribution in [3.05, 3.63) is 59.2 Å². The van der Waals surface area contributed by atoms with E-state index < -0.39 is 28.9 Å². The van der Waals surface area contributed by atoms with Crippen molar-refractivity contribution in [3.63, 3.8) is 0 Å². The van der Waals surface area contributed by atoms with Gasteiger partial charge in [-0.2, -0.15) is 18.4 Å². The number of benzene rings is 2. The van der Waals surface area contributed by atoms with Crippen LogP contribution in [0.15, 0.2) is 36.4 Å². The normalized spacial score (nSPS) is 11.0. The summed E-state index contributed by atoms with van der Waals surface area (Å²) in [6.45, 7) is 0. The summed E-state index contributed by atoms with van der Waals surface area (Å²) < 4.78 is 64.8. The van der Waals surface area contributed by atoms with E-state index in [0.717, 1.165) is 24.3 Å². The van der Waals surface area contributed by atoms with Crippen LogP contribution in [0.25, 0.3) is 0 Å². The van der Waals surface area contributed by atoms with E-state index >= 15 is 0 Å². The number of halogens is 5. The Labute approximate surface area is 116 Å². The summed E-state index contributed by atoms with van der Waals surface area (Å²) in [5.74, 6) is -1.54. The van der Waals surface area contributed by atoms with Crippen LogP contribution < -0.4 is 5.32 Å². The van der Waals surface area contributed by atoms with Gasteiger partial charge in [-0.15, -0.1) is 0 Å². The molecule has 0 aliphatic rings. The van der Waals surface area contributed by atoms with Crippen LogP contribution in [-0.2, 0) is 6.18 Å². The molecule has 0 saturated carbocycles. The van der Waals surface area contributed by atoms with Crippen molar-refractivity contribution in [2.24, 2.45) is 0 Å². The summed E-state index contributed by atoms with van der Waals surface area (Å²) in [6, 6.07) is 6.80. The highest BCUT2D eigenvalue weighted by atomic mass is 19.4.